The van der Waals surface area contributed by atoms with Crippen LogP contribution in [0, 0.1) is 0 Å². The largest absolute Gasteiger partial charge is 0.480 e. The molecule has 0 spiro atoms. The topological polar surface area (TPSA) is 426 Å². The number of carbonyl (C=O) groups is 4. The van der Waals surface area contributed by atoms with Gasteiger partial charge in [0, 0.05) is 0 Å². The van der Waals surface area contributed by atoms with Crippen LogP contribution in [0.1, 0.15) is 0 Å². The first kappa shape index (κ1) is 57.1. The number of benzene rings is 4. The molecule has 4 aromatic rings. The molecule has 56 heavy (non-hydrogen) atoms. The van der Waals surface area contributed by atoms with E-state index in [1.165, 1.54) is 48.5 Å². The number of hydrogen-bond donors (Lipinski definition) is 8. The third kappa shape index (κ3) is 21.9. The number of carboxylic acid groups (broad SMARTS) is 4. The van der Waals surface area contributed by atoms with Crippen molar-refractivity contribution in [2.45, 2.75) is 19.6 Å². The lowest BCUT2D eigenvalue weighted by atomic mass is 10.4. The molecule has 0 saturated heterocycles. The first-order chi connectivity index (χ1) is 24.1. The van der Waals surface area contributed by atoms with Gasteiger partial charge in [-0.1, -0.05) is 72.8 Å². The highest BCUT2D eigenvalue weighted by atomic mass is 32.2. The summed E-state index contributed by atoms with van der Waals surface area (Å²) in [5.74, 6) is -8.83. The van der Waals surface area contributed by atoms with Crippen molar-refractivity contribution in [3.63, 3.8) is 0 Å². The predicted molar refractivity (Wildman–Crippen MR) is 205 cm³/mol. The highest BCUT2D eigenvalue weighted by Crippen LogP contribution is 2.12. The number of sulfone groups is 4. The van der Waals surface area contributed by atoms with Crippen LogP contribution in [0.2, 0.25) is 0 Å². The normalized spacial score (nSPS) is 10.3. The Bertz CT molecular complexity index is 1920. The monoisotopic (exact) mass is 868 g/mol. The molecule has 0 aliphatic rings. The molecule has 0 radical (unpaired) electrons. The summed E-state index contributed by atoms with van der Waals surface area (Å²) in [5, 5.41) is 33.3. The minimum absolute atomic E-state index is 0. The molecule has 20 nitrogen and oxygen atoms in total. The zero-order valence-electron chi connectivity index (χ0n) is 29.5. The zero-order valence-corrected chi connectivity index (χ0v) is 32.8. The third-order valence-corrected chi connectivity index (χ3v) is 12.1. The lowest BCUT2D eigenvalue weighted by Crippen LogP contribution is -2.15. The highest BCUT2D eigenvalue weighted by Gasteiger charge is 2.20. The van der Waals surface area contributed by atoms with E-state index >= 15 is 0 Å². The van der Waals surface area contributed by atoms with Gasteiger partial charge in [-0.25, -0.2) is 33.7 Å². The Labute approximate surface area is 323 Å². The molecular formula is C32H44N4O16S4. The van der Waals surface area contributed by atoms with Gasteiger partial charge in [0.25, 0.3) is 0 Å². The molecule has 0 aromatic heterocycles. The summed E-state index contributed by atoms with van der Waals surface area (Å²) in [6.07, 6.45) is 0. The maximum Gasteiger partial charge on any atom is 0.319 e. The number of hydrogen-bond acceptors (Lipinski definition) is 16. The van der Waals surface area contributed by atoms with Crippen LogP contribution in [0.4, 0.5) is 0 Å². The second-order valence-electron chi connectivity index (χ2n) is 9.86. The summed E-state index contributed by atoms with van der Waals surface area (Å²) in [6.45, 7) is 0. The summed E-state index contributed by atoms with van der Waals surface area (Å²) >= 11 is 0. The van der Waals surface area contributed by atoms with E-state index in [1.54, 1.807) is 72.8 Å². The fraction of sp³-hybridized carbons (Fsp3) is 0.125. The molecule has 0 aliphatic carbocycles. The van der Waals surface area contributed by atoms with Gasteiger partial charge in [-0.05, 0) is 48.5 Å². The predicted octanol–water partition coefficient (Wildman–Crippen LogP) is 2.83. The summed E-state index contributed by atoms with van der Waals surface area (Å²) in [6, 6.07) is 30.1. The molecule has 0 saturated carbocycles. The Kier molecular flexibility index (Phi) is 26.8. The van der Waals surface area contributed by atoms with Crippen molar-refractivity contribution in [3.05, 3.63) is 121 Å². The molecule has 4 rings (SSSR count). The van der Waals surface area contributed by atoms with Gasteiger partial charge in [0.2, 0.25) is 0 Å². The van der Waals surface area contributed by atoms with E-state index in [-0.39, 0.29) is 44.2 Å². The lowest BCUT2D eigenvalue weighted by molar-refractivity contribution is -0.135. The molecule has 0 amide bonds. The maximum atomic E-state index is 11.3. The van der Waals surface area contributed by atoms with Crippen LogP contribution >= 0.6 is 0 Å². The van der Waals surface area contributed by atoms with E-state index < -0.39 is 86.2 Å². The molecule has 0 bridgehead atoms. The molecule has 0 fully saturated rings. The molecule has 0 unspecified atom stereocenters. The van der Waals surface area contributed by atoms with Crippen molar-refractivity contribution < 1.29 is 73.3 Å². The van der Waals surface area contributed by atoms with Crippen molar-refractivity contribution in [2.75, 3.05) is 23.0 Å². The molecule has 0 atom stereocenters. The Morgan fingerprint density at radius 2 is 0.429 bits per heavy atom. The average Bonchev–Trinajstić information content (AvgIpc) is 3.05. The standard InChI is InChI=1S/4C8H8O4S.4H3N/c4*9-8(10)6-13(11,12)7-4-2-1-3-5-7;;;;/h4*1-5H,6H2,(H,9,10);4*1H3. The van der Waals surface area contributed by atoms with Gasteiger partial charge in [0.05, 0.1) is 19.6 Å². The van der Waals surface area contributed by atoms with Gasteiger partial charge < -0.3 is 45.0 Å². The first-order valence-corrected chi connectivity index (χ1v) is 20.7. The van der Waals surface area contributed by atoms with E-state index in [0.717, 1.165) is 0 Å². The fourth-order valence-electron chi connectivity index (χ4n) is 3.49. The van der Waals surface area contributed by atoms with Crippen LogP contribution in [-0.4, -0.2) is 101 Å². The lowest BCUT2D eigenvalue weighted by Gasteiger charge is -1.99. The molecule has 16 N–H and O–H groups in total. The minimum atomic E-state index is -3.66. The minimum Gasteiger partial charge on any atom is -0.480 e. The van der Waals surface area contributed by atoms with Crippen LogP contribution in [0.25, 0.3) is 0 Å². The van der Waals surface area contributed by atoms with Crippen molar-refractivity contribution in [3.8, 4) is 0 Å². The van der Waals surface area contributed by atoms with Crippen molar-refractivity contribution in [2.24, 2.45) is 0 Å². The van der Waals surface area contributed by atoms with Crippen molar-refractivity contribution in [1.29, 1.82) is 0 Å². The van der Waals surface area contributed by atoms with E-state index in [2.05, 4.69) is 0 Å². The van der Waals surface area contributed by atoms with Gasteiger partial charge in [0.1, 0.15) is 0 Å². The fourth-order valence-corrected chi connectivity index (χ4v) is 7.75. The van der Waals surface area contributed by atoms with Crippen LogP contribution in [0.5, 0.6) is 0 Å². The Morgan fingerprint density at radius 3 is 0.536 bits per heavy atom. The average molecular weight is 869 g/mol. The van der Waals surface area contributed by atoms with Crippen LogP contribution in [-0.2, 0) is 58.5 Å². The third-order valence-electron chi connectivity index (χ3n) is 5.66. The number of rotatable bonds is 12. The summed E-state index contributed by atoms with van der Waals surface area (Å²) in [4.78, 5) is 41.0. The van der Waals surface area contributed by atoms with Crippen LogP contribution in [0.3, 0.4) is 0 Å². The SMILES string of the molecule is N.N.N.N.O=C(O)CS(=O)(=O)c1ccccc1.O=C(O)CS(=O)(=O)c1ccccc1.O=C(O)CS(=O)(=O)c1ccccc1.O=C(O)CS(=O)(=O)c1ccccc1. The quantitative estimate of drug-likeness (QED) is 0.101. The Hall–Kier alpha value is -5.60. The molecule has 0 heterocycles. The van der Waals surface area contributed by atoms with Gasteiger partial charge in [-0.15, -0.1) is 0 Å². The second-order valence-corrected chi connectivity index (χ2v) is 17.8. The van der Waals surface area contributed by atoms with Crippen molar-refractivity contribution >= 4 is 63.2 Å². The molecule has 312 valence electrons. The van der Waals surface area contributed by atoms with Gasteiger partial charge in [0.15, 0.2) is 62.4 Å². The second kappa shape index (κ2) is 26.2. The van der Waals surface area contributed by atoms with Crippen LogP contribution < -0.4 is 24.6 Å². The van der Waals surface area contributed by atoms with Gasteiger partial charge in [-0.3, -0.25) is 19.2 Å². The van der Waals surface area contributed by atoms with Crippen LogP contribution in [0.15, 0.2) is 141 Å². The van der Waals surface area contributed by atoms with Gasteiger partial charge >= 0.3 is 23.9 Å². The van der Waals surface area contributed by atoms with E-state index in [4.69, 9.17) is 20.4 Å². The Morgan fingerprint density at radius 1 is 0.304 bits per heavy atom. The van der Waals surface area contributed by atoms with Gasteiger partial charge in [-0.2, -0.15) is 0 Å². The highest BCUT2D eigenvalue weighted by molar-refractivity contribution is 7.93. The number of aliphatic carboxylic acids is 4. The Balaban J connectivity index is -0.000000314. The summed E-state index contributed by atoms with van der Waals surface area (Å²) < 4.78 is 90.1. The smallest absolute Gasteiger partial charge is 0.319 e. The van der Waals surface area contributed by atoms with E-state index in [0.29, 0.717) is 0 Å². The number of carboxylic acids is 4. The molecule has 0 aliphatic heterocycles. The first-order valence-electron chi connectivity index (χ1n) is 14.1. The zero-order chi connectivity index (χ0) is 39.6. The van der Waals surface area contributed by atoms with E-state index in [9.17, 15) is 52.8 Å². The summed E-state index contributed by atoms with van der Waals surface area (Å²) in [7, 11) is -14.6. The molecule has 4 aromatic carbocycles. The molecule has 24 heteroatoms. The maximum absolute atomic E-state index is 11.3. The van der Waals surface area contributed by atoms with Crippen molar-refractivity contribution in [1.82, 2.24) is 24.6 Å². The molecular weight excluding hydrogens is 825 g/mol. The summed E-state index contributed by atoms with van der Waals surface area (Å²) in [5.41, 5.74) is 0. The van der Waals surface area contributed by atoms with E-state index in [1.807, 2.05) is 0 Å².